The minimum Gasteiger partial charge on any atom is -0.241 e. The average Bonchev–Trinajstić information content (AvgIpc) is 3.22. The Hall–Kier alpha value is -1.78. The fraction of sp³-hybridized carbons (Fsp3) is 0.364. The molecule has 3 heterocycles. The maximum absolute atomic E-state index is 4.88. The molecule has 4 heteroatoms. The van der Waals surface area contributed by atoms with E-state index < -0.39 is 0 Å². The minimum absolute atomic E-state index is 0.956. The van der Waals surface area contributed by atoms with Gasteiger partial charge >= 0.3 is 0 Å². The Morgan fingerprint density at radius 3 is 2.65 bits per heavy atom. The number of benzene rings is 2. The third-order valence-electron chi connectivity index (χ3n) is 5.35. The van der Waals surface area contributed by atoms with Crippen LogP contribution in [0.15, 0.2) is 42.5 Å². The average molecular weight is 380 g/mol. The van der Waals surface area contributed by atoms with Crippen LogP contribution in [0.3, 0.4) is 0 Å². The van der Waals surface area contributed by atoms with E-state index in [0.29, 0.717) is 0 Å². The summed E-state index contributed by atoms with van der Waals surface area (Å²) in [6.07, 6.45) is 8.89. The second-order valence-corrected chi connectivity index (χ2v) is 9.41. The number of para-hydroxylation sites is 2. The molecule has 0 atom stereocenters. The standard InChI is InChI=1S/C22H23N2S2/c1-2-4-9-16-10-8-13-19-22(16)24(14-7-3-1)21(26-19)15-20-23-17-11-5-6-12-18(17)25-20/h5-6,8,10-13H,1-4,7,9,14-15H2/q+1. The molecule has 0 aliphatic carbocycles. The van der Waals surface area contributed by atoms with E-state index in [1.165, 1.54) is 69.0 Å². The lowest BCUT2D eigenvalue weighted by molar-refractivity contribution is -0.674. The normalized spacial score (nSPS) is 15.5. The van der Waals surface area contributed by atoms with Gasteiger partial charge in [0.1, 0.15) is 16.3 Å². The molecule has 0 N–H and O–H groups in total. The summed E-state index contributed by atoms with van der Waals surface area (Å²) in [6.45, 7) is 1.15. The van der Waals surface area contributed by atoms with Crippen molar-refractivity contribution in [3.63, 3.8) is 0 Å². The van der Waals surface area contributed by atoms with Gasteiger partial charge < -0.3 is 0 Å². The molecule has 1 aliphatic heterocycles. The Labute approximate surface area is 162 Å². The van der Waals surface area contributed by atoms with Gasteiger partial charge in [0.15, 0.2) is 0 Å². The fourth-order valence-corrected chi connectivity index (χ4v) is 6.38. The zero-order valence-corrected chi connectivity index (χ0v) is 16.5. The quantitative estimate of drug-likeness (QED) is 0.396. The lowest BCUT2D eigenvalue weighted by atomic mass is 10.0. The molecule has 0 fully saturated rings. The van der Waals surface area contributed by atoms with E-state index in [-0.39, 0.29) is 0 Å². The molecular formula is C22H23N2S2+. The maximum atomic E-state index is 4.88. The monoisotopic (exact) mass is 379 g/mol. The number of thiazole rings is 2. The van der Waals surface area contributed by atoms with Crippen LogP contribution in [0.4, 0.5) is 0 Å². The van der Waals surface area contributed by atoms with E-state index in [4.69, 9.17) is 4.98 Å². The van der Waals surface area contributed by atoms with Gasteiger partial charge in [-0.1, -0.05) is 48.4 Å². The van der Waals surface area contributed by atoms with Crippen molar-refractivity contribution in [2.24, 2.45) is 0 Å². The number of fused-ring (bicyclic) bond motifs is 1. The first-order valence-corrected chi connectivity index (χ1v) is 11.3. The van der Waals surface area contributed by atoms with Crippen molar-refractivity contribution < 1.29 is 4.57 Å². The highest BCUT2D eigenvalue weighted by Crippen LogP contribution is 2.29. The summed E-state index contributed by atoms with van der Waals surface area (Å²) < 4.78 is 5.36. The number of aromatic nitrogens is 2. The van der Waals surface area contributed by atoms with Crippen LogP contribution in [-0.2, 0) is 19.4 Å². The number of rotatable bonds is 2. The van der Waals surface area contributed by atoms with E-state index >= 15 is 0 Å². The molecule has 5 rings (SSSR count). The van der Waals surface area contributed by atoms with Gasteiger partial charge in [-0.2, -0.15) is 4.57 Å². The summed E-state index contributed by atoms with van der Waals surface area (Å²) in [5.74, 6) is 0. The molecule has 1 aliphatic rings. The Balaban J connectivity index is 1.59. The third kappa shape index (κ3) is 3.06. The largest absolute Gasteiger partial charge is 0.245 e. The molecule has 0 unspecified atom stereocenters. The molecule has 0 spiro atoms. The predicted octanol–water partition coefficient (Wildman–Crippen LogP) is 5.90. The van der Waals surface area contributed by atoms with E-state index in [2.05, 4.69) is 47.0 Å². The van der Waals surface area contributed by atoms with Crippen LogP contribution in [0.5, 0.6) is 0 Å². The number of hydrogen-bond acceptors (Lipinski definition) is 3. The van der Waals surface area contributed by atoms with E-state index in [1.54, 1.807) is 0 Å². The van der Waals surface area contributed by atoms with Crippen molar-refractivity contribution in [1.82, 2.24) is 4.98 Å². The van der Waals surface area contributed by atoms with E-state index in [0.717, 1.165) is 18.5 Å². The van der Waals surface area contributed by atoms with Gasteiger partial charge in [0.05, 0.1) is 16.6 Å². The summed E-state index contributed by atoms with van der Waals surface area (Å²) in [4.78, 5) is 4.88. The summed E-state index contributed by atoms with van der Waals surface area (Å²) >= 11 is 3.81. The van der Waals surface area contributed by atoms with Gasteiger partial charge in [-0.3, -0.25) is 0 Å². The molecule has 0 bridgehead atoms. The number of aryl methyl sites for hydroxylation is 2. The van der Waals surface area contributed by atoms with Crippen LogP contribution in [0, 0.1) is 0 Å². The smallest absolute Gasteiger partial charge is 0.241 e. The first-order chi connectivity index (χ1) is 12.9. The molecule has 0 saturated carbocycles. The zero-order valence-electron chi connectivity index (χ0n) is 14.9. The summed E-state index contributed by atoms with van der Waals surface area (Å²) in [7, 11) is 0. The second kappa shape index (κ2) is 7.09. The Kier molecular flexibility index (Phi) is 4.47. The van der Waals surface area contributed by atoms with Gasteiger partial charge in [-0.05, 0) is 37.5 Å². The van der Waals surface area contributed by atoms with Gasteiger partial charge in [-0.25, -0.2) is 4.98 Å². The summed E-state index contributed by atoms with van der Waals surface area (Å²) in [6, 6.07) is 15.4. The molecule has 2 aromatic heterocycles. The first kappa shape index (κ1) is 16.4. The van der Waals surface area contributed by atoms with Gasteiger partial charge in [-0.15, -0.1) is 11.3 Å². The fourth-order valence-electron chi connectivity index (χ4n) is 4.07. The topological polar surface area (TPSA) is 16.8 Å². The van der Waals surface area contributed by atoms with Crippen molar-refractivity contribution >= 4 is 43.1 Å². The molecule has 0 amide bonds. The van der Waals surface area contributed by atoms with Crippen LogP contribution >= 0.6 is 22.7 Å². The molecule has 2 nitrogen and oxygen atoms in total. The summed E-state index contributed by atoms with van der Waals surface area (Å²) in [5, 5.41) is 2.70. The summed E-state index contributed by atoms with van der Waals surface area (Å²) in [5.41, 5.74) is 4.17. The Morgan fingerprint density at radius 1 is 0.846 bits per heavy atom. The number of hydrogen-bond donors (Lipinski definition) is 0. The molecule has 2 aromatic carbocycles. The van der Waals surface area contributed by atoms with Crippen LogP contribution in [0.25, 0.3) is 20.4 Å². The molecule has 26 heavy (non-hydrogen) atoms. The third-order valence-corrected chi connectivity index (χ3v) is 7.54. The first-order valence-electron chi connectivity index (χ1n) is 9.66. The molecule has 4 aromatic rings. The van der Waals surface area contributed by atoms with Crippen LogP contribution in [0.1, 0.15) is 47.7 Å². The van der Waals surface area contributed by atoms with Crippen molar-refractivity contribution in [2.75, 3.05) is 0 Å². The Morgan fingerprint density at radius 2 is 1.69 bits per heavy atom. The number of nitrogens with zero attached hydrogens (tertiary/aromatic N) is 2. The lowest BCUT2D eigenvalue weighted by Gasteiger charge is -2.07. The van der Waals surface area contributed by atoms with Gasteiger partial charge in [0, 0.05) is 12.0 Å². The minimum atomic E-state index is 0.956. The van der Waals surface area contributed by atoms with E-state index in [1.807, 2.05) is 22.7 Å². The SMILES string of the molecule is c1ccc2sc(Cc3sc4cccc5c4[n+]3CCCCCCC5)nc2c1. The highest BCUT2D eigenvalue weighted by atomic mass is 32.1. The lowest BCUT2D eigenvalue weighted by Crippen LogP contribution is -2.37. The van der Waals surface area contributed by atoms with Crippen LogP contribution in [0.2, 0.25) is 0 Å². The highest BCUT2D eigenvalue weighted by molar-refractivity contribution is 7.19. The molecule has 0 radical (unpaired) electrons. The van der Waals surface area contributed by atoms with Gasteiger partial charge in [0.25, 0.3) is 0 Å². The van der Waals surface area contributed by atoms with Crippen molar-refractivity contribution in [3.05, 3.63) is 58.0 Å². The maximum Gasteiger partial charge on any atom is 0.245 e. The van der Waals surface area contributed by atoms with Crippen molar-refractivity contribution in [3.8, 4) is 0 Å². The second-order valence-electron chi connectivity index (χ2n) is 7.18. The van der Waals surface area contributed by atoms with Crippen molar-refractivity contribution in [1.29, 1.82) is 0 Å². The van der Waals surface area contributed by atoms with Gasteiger partial charge in [0.2, 0.25) is 10.5 Å². The van der Waals surface area contributed by atoms with Crippen LogP contribution in [-0.4, -0.2) is 4.98 Å². The molecular weight excluding hydrogens is 356 g/mol. The van der Waals surface area contributed by atoms with E-state index in [9.17, 15) is 0 Å². The molecule has 132 valence electrons. The van der Waals surface area contributed by atoms with Crippen molar-refractivity contribution in [2.45, 2.75) is 51.5 Å². The molecule has 0 saturated heterocycles. The highest BCUT2D eigenvalue weighted by Gasteiger charge is 2.24. The zero-order chi connectivity index (χ0) is 17.3. The Bertz CT molecular complexity index is 1030. The predicted molar refractivity (Wildman–Crippen MR) is 111 cm³/mol. The van der Waals surface area contributed by atoms with Crippen LogP contribution < -0.4 is 4.57 Å².